The number of H-pyrrole nitrogens is 1. The van der Waals surface area contributed by atoms with Gasteiger partial charge in [-0.25, -0.2) is 4.98 Å². The highest BCUT2D eigenvalue weighted by Gasteiger charge is 2.27. The lowest BCUT2D eigenvalue weighted by Gasteiger charge is -2.29. The molecule has 3 aromatic heterocycles. The van der Waals surface area contributed by atoms with Crippen molar-refractivity contribution in [2.24, 2.45) is 0 Å². The molecule has 0 bridgehead atoms. The van der Waals surface area contributed by atoms with Crippen LogP contribution in [-0.2, 0) is 13.0 Å². The van der Waals surface area contributed by atoms with Gasteiger partial charge in [-0.1, -0.05) is 18.2 Å². The summed E-state index contributed by atoms with van der Waals surface area (Å²) < 4.78 is 1.80. The second kappa shape index (κ2) is 7.56. The van der Waals surface area contributed by atoms with Gasteiger partial charge in [-0.3, -0.25) is 14.4 Å². The summed E-state index contributed by atoms with van der Waals surface area (Å²) in [6, 6.07) is 12.6. The molecule has 2 amide bonds. The Balaban J connectivity index is 1.41. The Kier molecular flexibility index (Phi) is 4.59. The Hall–Kier alpha value is -4.20. The lowest BCUT2D eigenvalue weighted by atomic mass is 9.96. The highest BCUT2D eigenvalue weighted by molar-refractivity contribution is 6.05. The summed E-state index contributed by atoms with van der Waals surface area (Å²) in [4.78, 5) is 46.9. The highest BCUT2D eigenvalue weighted by atomic mass is 16.2. The molecule has 31 heavy (non-hydrogen) atoms. The summed E-state index contributed by atoms with van der Waals surface area (Å²) in [6.45, 7) is 0.737. The van der Waals surface area contributed by atoms with Crippen molar-refractivity contribution in [2.45, 2.75) is 13.0 Å². The van der Waals surface area contributed by atoms with Crippen molar-refractivity contribution in [3.63, 3.8) is 0 Å². The molecule has 0 fully saturated rings. The van der Waals surface area contributed by atoms with Crippen LogP contribution in [0.3, 0.4) is 0 Å². The minimum absolute atomic E-state index is 0.105. The fourth-order valence-corrected chi connectivity index (χ4v) is 3.93. The third-order valence-corrected chi connectivity index (χ3v) is 5.47. The first-order valence-corrected chi connectivity index (χ1v) is 9.92. The van der Waals surface area contributed by atoms with Crippen LogP contribution in [0.5, 0.6) is 0 Å². The number of nitrogens with zero attached hydrogens (tertiary/aromatic N) is 3. The second-order valence-electron chi connectivity index (χ2n) is 7.40. The fraction of sp³-hybridized carbons (Fsp3) is 0.130. The number of aromatic amines is 1. The summed E-state index contributed by atoms with van der Waals surface area (Å²) in [5.74, 6) is -0.558. The van der Waals surface area contributed by atoms with E-state index in [9.17, 15) is 14.4 Å². The van der Waals surface area contributed by atoms with E-state index in [1.54, 1.807) is 58.4 Å². The molecule has 154 valence electrons. The zero-order chi connectivity index (χ0) is 21.4. The zero-order valence-corrected chi connectivity index (χ0v) is 16.5. The number of aromatic nitrogens is 3. The molecule has 1 aliphatic rings. The normalized spacial score (nSPS) is 13.1. The highest BCUT2D eigenvalue weighted by Crippen LogP contribution is 2.22. The smallest absolute Gasteiger partial charge is 0.261 e. The molecule has 0 aliphatic carbocycles. The van der Waals surface area contributed by atoms with E-state index in [2.05, 4.69) is 15.3 Å². The number of para-hydroxylation sites is 1. The van der Waals surface area contributed by atoms with Crippen molar-refractivity contribution in [1.29, 1.82) is 0 Å². The molecule has 1 aliphatic heterocycles. The molecule has 5 rings (SSSR count). The largest absolute Gasteiger partial charge is 0.334 e. The SMILES string of the molecule is O=C(Nc1ccccc1)c1c2c(c[nH]c1=O)CN(C(=O)c1ccc3nccn3c1)CC2. The van der Waals surface area contributed by atoms with Gasteiger partial charge in [0.1, 0.15) is 11.2 Å². The third kappa shape index (κ3) is 3.48. The molecule has 0 unspecified atom stereocenters. The average molecular weight is 413 g/mol. The molecule has 8 nitrogen and oxygen atoms in total. The third-order valence-electron chi connectivity index (χ3n) is 5.47. The fourth-order valence-electron chi connectivity index (χ4n) is 3.93. The average Bonchev–Trinajstić information content (AvgIpc) is 3.26. The molecular formula is C23H19N5O3. The number of fused-ring (bicyclic) bond motifs is 2. The number of pyridine rings is 2. The van der Waals surface area contributed by atoms with Crippen LogP contribution in [0.2, 0.25) is 0 Å². The number of amides is 2. The van der Waals surface area contributed by atoms with Crippen molar-refractivity contribution in [1.82, 2.24) is 19.3 Å². The number of imidazole rings is 1. The van der Waals surface area contributed by atoms with E-state index < -0.39 is 11.5 Å². The quantitative estimate of drug-likeness (QED) is 0.539. The standard InChI is InChI=1S/C23H19N5O3/c29-21-20(22(30)26-17-4-2-1-3-5-17)18-8-10-28(14-16(18)12-25-21)23(31)15-6-7-19-24-9-11-27(19)13-15/h1-7,9,11-13H,8,10,14H2,(H,25,29)(H,26,30). The molecule has 4 heterocycles. The number of anilines is 1. The van der Waals surface area contributed by atoms with Gasteiger partial charge < -0.3 is 19.6 Å². The molecule has 0 saturated heterocycles. The van der Waals surface area contributed by atoms with Crippen LogP contribution in [-0.4, -0.2) is 37.6 Å². The zero-order valence-electron chi connectivity index (χ0n) is 16.5. The maximum Gasteiger partial charge on any atom is 0.261 e. The van der Waals surface area contributed by atoms with Gasteiger partial charge in [0.2, 0.25) is 0 Å². The van der Waals surface area contributed by atoms with Gasteiger partial charge in [-0.05, 0) is 41.8 Å². The van der Waals surface area contributed by atoms with Gasteiger partial charge in [0.25, 0.3) is 17.4 Å². The van der Waals surface area contributed by atoms with Crippen LogP contribution in [0.4, 0.5) is 5.69 Å². The number of rotatable bonds is 3. The number of carbonyl (C=O) groups is 2. The van der Waals surface area contributed by atoms with E-state index in [1.165, 1.54) is 0 Å². The summed E-state index contributed by atoms with van der Waals surface area (Å²) in [5, 5.41) is 2.78. The molecule has 4 aromatic rings. The monoisotopic (exact) mass is 413 g/mol. The topological polar surface area (TPSA) is 99.6 Å². The first-order valence-electron chi connectivity index (χ1n) is 9.92. The van der Waals surface area contributed by atoms with Crippen molar-refractivity contribution >= 4 is 23.1 Å². The van der Waals surface area contributed by atoms with Crippen molar-refractivity contribution < 1.29 is 9.59 Å². The summed E-state index contributed by atoms with van der Waals surface area (Å²) in [5.41, 5.74) is 3.07. The summed E-state index contributed by atoms with van der Waals surface area (Å²) in [6.07, 6.45) is 7.25. The van der Waals surface area contributed by atoms with E-state index in [4.69, 9.17) is 0 Å². The second-order valence-corrected chi connectivity index (χ2v) is 7.40. The Bertz CT molecular complexity index is 1360. The van der Waals surface area contributed by atoms with Crippen molar-refractivity contribution in [3.05, 3.63) is 99.9 Å². The summed E-state index contributed by atoms with van der Waals surface area (Å²) in [7, 11) is 0. The number of hydrogen-bond donors (Lipinski definition) is 2. The lowest BCUT2D eigenvalue weighted by molar-refractivity contribution is 0.0734. The van der Waals surface area contributed by atoms with Crippen LogP contribution in [0.25, 0.3) is 5.65 Å². The Morgan fingerprint density at radius 3 is 2.77 bits per heavy atom. The Morgan fingerprint density at radius 1 is 1.10 bits per heavy atom. The van der Waals surface area contributed by atoms with E-state index in [0.717, 1.165) is 11.2 Å². The van der Waals surface area contributed by atoms with Crippen molar-refractivity contribution in [3.8, 4) is 0 Å². The van der Waals surface area contributed by atoms with Gasteiger partial charge in [0.15, 0.2) is 0 Å². The van der Waals surface area contributed by atoms with Gasteiger partial charge in [0, 0.05) is 43.6 Å². The molecule has 0 atom stereocenters. The first kappa shape index (κ1) is 18.8. The van der Waals surface area contributed by atoms with Gasteiger partial charge in [-0.2, -0.15) is 0 Å². The van der Waals surface area contributed by atoms with E-state index >= 15 is 0 Å². The predicted molar refractivity (Wildman–Crippen MR) is 115 cm³/mol. The molecule has 0 radical (unpaired) electrons. The van der Waals surface area contributed by atoms with Crippen molar-refractivity contribution in [2.75, 3.05) is 11.9 Å². The molecule has 1 aromatic carbocycles. The number of carbonyl (C=O) groups excluding carboxylic acids is 2. The Labute approximate surface area is 177 Å². The minimum Gasteiger partial charge on any atom is -0.334 e. The number of benzene rings is 1. The predicted octanol–water partition coefficient (Wildman–Crippen LogP) is 2.47. The Morgan fingerprint density at radius 2 is 1.94 bits per heavy atom. The molecule has 0 saturated carbocycles. The number of nitrogens with one attached hydrogen (secondary N) is 2. The van der Waals surface area contributed by atoms with Crippen LogP contribution in [0, 0.1) is 0 Å². The minimum atomic E-state index is -0.449. The summed E-state index contributed by atoms with van der Waals surface area (Å²) >= 11 is 0. The van der Waals surface area contributed by atoms with Gasteiger partial charge in [-0.15, -0.1) is 0 Å². The van der Waals surface area contributed by atoms with Gasteiger partial charge in [0.05, 0.1) is 5.56 Å². The van der Waals surface area contributed by atoms with Crippen LogP contribution in [0.15, 0.2) is 72.0 Å². The molecule has 8 heteroatoms. The van der Waals surface area contributed by atoms with Gasteiger partial charge >= 0.3 is 0 Å². The first-order chi connectivity index (χ1) is 15.1. The van der Waals surface area contributed by atoms with E-state index in [0.29, 0.717) is 36.3 Å². The maximum absolute atomic E-state index is 13.0. The molecular weight excluding hydrogens is 394 g/mol. The lowest BCUT2D eigenvalue weighted by Crippen LogP contribution is -2.38. The van der Waals surface area contributed by atoms with E-state index in [1.807, 2.05) is 18.2 Å². The van der Waals surface area contributed by atoms with Crippen LogP contribution >= 0.6 is 0 Å². The van der Waals surface area contributed by atoms with Crippen LogP contribution in [0.1, 0.15) is 31.8 Å². The molecule has 2 N–H and O–H groups in total. The maximum atomic E-state index is 13.0. The molecule has 0 spiro atoms. The number of hydrogen-bond acceptors (Lipinski definition) is 4. The van der Waals surface area contributed by atoms with Crippen LogP contribution < -0.4 is 10.9 Å². The van der Waals surface area contributed by atoms with E-state index in [-0.39, 0.29) is 11.5 Å².